The van der Waals surface area contributed by atoms with Crippen molar-refractivity contribution in [3.8, 4) is 0 Å². The number of hydrogen-bond donors (Lipinski definition) is 2. The lowest BCUT2D eigenvalue weighted by molar-refractivity contribution is -0.151. The number of nitrogens with one attached hydrogen (secondary N) is 1. The Morgan fingerprint density at radius 2 is 1.45 bits per heavy atom. The van der Waals surface area contributed by atoms with Gasteiger partial charge in [-0.05, 0) is 42.6 Å². The van der Waals surface area contributed by atoms with Crippen molar-refractivity contribution in [2.75, 3.05) is 0 Å². The highest BCUT2D eigenvalue weighted by Gasteiger charge is 2.57. The standard InChI is InChI=1S/C25H33NO4Si/c1-17-21-22(30-25(4,5)29-21)20(23(27)26-17)16-24(2,3)31(28,18-12-8-6-9-13-18)19-14-10-7-11-15-19/h6-15,17,20-22,28H,16H2,1-5H3,(H,26,27)/t17-,20-,21+,22-/m0/s1. The van der Waals surface area contributed by atoms with Crippen LogP contribution in [0.1, 0.15) is 41.0 Å². The first-order valence-corrected chi connectivity index (χ1v) is 13.0. The third-order valence-electron chi connectivity index (χ3n) is 6.85. The molecule has 4 atom stereocenters. The van der Waals surface area contributed by atoms with E-state index in [9.17, 15) is 9.59 Å². The van der Waals surface area contributed by atoms with Crippen molar-refractivity contribution in [2.45, 2.75) is 70.1 Å². The number of amides is 1. The average Bonchev–Trinajstić information content (AvgIpc) is 3.07. The lowest BCUT2D eigenvalue weighted by Crippen LogP contribution is -2.67. The van der Waals surface area contributed by atoms with E-state index in [2.05, 4.69) is 19.2 Å². The summed E-state index contributed by atoms with van der Waals surface area (Å²) < 4.78 is 12.4. The fraction of sp³-hybridized carbons (Fsp3) is 0.480. The quantitative estimate of drug-likeness (QED) is 0.703. The summed E-state index contributed by atoms with van der Waals surface area (Å²) in [4.78, 5) is 25.6. The highest BCUT2D eigenvalue weighted by Crippen LogP contribution is 2.46. The van der Waals surface area contributed by atoms with Crippen LogP contribution in [0, 0.1) is 5.92 Å². The van der Waals surface area contributed by atoms with Crippen molar-refractivity contribution in [1.82, 2.24) is 5.32 Å². The number of carbonyl (C=O) groups excluding carboxylic acids is 1. The molecule has 2 aromatic carbocycles. The van der Waals surface area contributed by atoms with Gasteiger partial charge >= 0.3 is 0 Å². The molecule has 0 radical (unpaired) electrons. The Labute approximate surface area is 185 Å². The van der Waals surface area contributed by atoms with Gasteiger partial charge in [-0.3, -0.25) is 4.79 Å². The molecule has 1 amide bonds. The molecule has 2 N–H and O–H groups in total. The molecular formula is C25H33NO4Si. The van der Waals surface area contributed by atoms with Crippen LogP contribution in [-0.2, 0) is 14.3 Å². The summed E-state index contributed by atoms with van der Waals surface area (Å²) in [5.41, 5.74) is 0. The minimum atomic E-state index is -3.22. The van der Waals surface area contributed by atoms with Crippen LogP contribution in [-0.4, -0.2) is 43.1 Å². The number of piperidine rings is 1. The van der Waals surface area contributed by atoms with Crippen LogP contribution in [0.5, 0.6) is 0 Å². The van der Waals surface area contributed by atoms with E-state index in [0.29, 0.717) is 6.42 Å². The summed E-state index contributed by atoms with van der Waals surface area (Å²) in [5, 5.41) is 4.42. The Bertz CT molecular complexity index is 892. The van der Waals surface area contributed by atoms with E-state index in [-0.39, 0.29) is 24.2 Å². The van der Waals surface area contributed by atoms with Crippen LogP contribution in [0.2, 0.25) is 5.04 Å². The number of hydrogen-bond acceptors (Lipinski definition) is 4. The molecular weight excluding hydrogens is 406 g/mol. The summed E-state index contributed by atoms with van der Waals surface area (Å²) in [5.74, 6) is -1.16. The molecule has 0 spiro atoms. The molecule has 4 rings (SSSR count). The lowest BCUT2D eigenvalue weighted by atomic mass is 9.83. The first-order valence-electron chi connectivity index (χ1n) is 11.0. The summed E-state index contributed by atoms with van der Waals surface area (Å²) in [7, 11) is -3.22. The second kappa shape index (κ2) is 7.85. The van der Waals surface area contributed by atoms with Gasteiger partial charge in [-0.15, -0.1) is 0 Å². The third-order valence-corrected chi connectivity index (χ3v) is 11.4. The molecule has 0 aromatic heterocycles. The van der Waals surface area contributed by atoms with Crippen molar-refractivity contribution >= 4 is 24.6 Å². The highest BCUT2D eigenvalue weighted by atomic mass is 28.4. The fourth-order valence-electron chi connectivity index (χ4n) is 5.29. The zero-order valence-electron chi connectivity index (χ0n) is 19.0. The maximum Gasteiger partial charge on any atom is 0.258 e. The lowest BCUT2D eigenvalue weighted by Gasteiger charge is -2.45. The van der Waals surface area contributed by atoms with E-state index in [0.717, 1.165) is 10.4 Å². The predicted octanol–water partition coefficient (Wildman–Crippen LogP) is 2.56. The van der Waals surface area contributed by atoms with Gasteiger partial charge in [0.2, 0.25) is 5.91 Å². The Hall–Kier alpha value is -1.99. The molecule has 166 valence electrons. The average molecular weight is 440 g/mol. The van der Waals surface area contributed by atoms with E-state index >= 15 is 0 Å². The molecule has 2 aliphatic heterocycles. The molecule has 2 saturated heterocycles. The normalized spacial score (nSPS) is 28.1. The van der Waals surface area contributed by atoms with Gasteiger partial charge in [-0.2, -0.15) is 0 Å². The first kappa shape index (κ1) is 22.2. The van der Waals surface area contributed by atoms with Crippen molar-refractivity contribution in [2.24, 2.45) is 5.92 Å². The fourth-order valence-corrected chi connectivity index (χ4v) is 9.05. The van der Waals surface area contributed by atoms with Gasteiger partial charge in [-0.1, -0.05) is 74.5 Å². The monoisotopic (exact) mass is 439 g/mol. The highest BCUT2D eigenvalue weighted by molar-refractivity contribution is 6.98. The maximum atomic E-state index is 13.1. The minimum absolute atomic E-state index is 0.0272. The van der Waals surface area contributed by atoms with Gasteiger partial charge in [0.15, 0.2) is 5.79 Å². The van der Waals surface area contributed by atoms with Crippen molar-refractivity contribution in [3.63, 3.8) is 0 Å². The zero-order valence-corrected chi connectivity index (χ0v) is 20.0. The molecule has 2 aromatic rings. The molecule has 0 saturated carbocycles. The zero-order chi connectivity index (χ0) is 22.4. The second-order valence-electron chi connectivity index (χ2n) is 10.00. The Balaban J connectivity index is 1.74. The Morgan fingerprint density at radius 3 is 1.97 bits per heavy atom. The topological polar surface area (TPSA) is 67.8 Å². The van der Waals surface area contributed by atoms with E-state index in [1.807, 2.05) is 81.4 Å². The molecule has 31 heavy (non-hydrogen) atoms. The molecule has 2 fully saturated rings. The van der Waals surface area contributed by atoms with E-state index in [4.69, 9.17) is 9.47 Å². The van der Waals surface area contributed by atoms with Gasteiger partial charge in [-0.25, -0.2) is 0 Å². The Kier molecular flexibility index (Phi) is 5.63. The molecule has 0 unspecified atom stereocenters. The van der Waals surface area contributed by atoms with Crippen LogP contribution in [0.3, 0.4) is 0 Å². The van der Waals surface area contributed by atoms with Gasteiger partial charge in [0.25, 0.3) is 8.32 Å². The summed E-state index contributed by atoms with van der Waals surface area (Å²) in [6.07, 6.45) is -0.0295. The number of ether oxygens (including phenoxy) is 2. The number of fused-ring (bicyclic) bond motifs is 1. The second-order valence-corrected chi connectivity index (χ2v) is 13.9. The number of rotatable bonds is 5. The third kappa shape index (κ3) is 3.87. The molecule has 0 bridgehead atoms. The van der Waals surface area contributed by atoms with E-state index in [1.54, 1.807) is 0 Å². The predicted molar refractivity (Wildman–Crippen MR) is 124 cm³/mol. The van der Waals surface area contributed by atoms with Crippen LogP contribution < -0.4 is 15.7 Å². The molecule has 5 nitrogen and oxygen atoms in total. The van der Waals surface area contributed by atoms with Gasteiger partial charge in [0, 0.05) is 0 Å². The van der Waals surface area contributed by atoms with Crippen molar-refractivity contribution in [1.29, 1.82) is 0 Å². The van der Waals surface area contributed by atoms with Crippen LogP contribution in [0.25, 0.3) is 0 Å². The largest absolute Gasteiger partial charge is 0.424 e. The van der Waals surface area contributed by atoms with Crippen LogP contribution >= 0.6 is 0 Å². The summed E-state index contributed by atoms with van der Waals surface area (Å²) >= 11 is 0. The van der Waals surface area contributed by atoms with E-state index < -0.39 is 25.1 Å². The van der Waals surface area contributed by atoms with E-state index in [1.165, 1.54) is 0 Å². The van der Waals surface area contributed by atoms with Gasteiger partial charge in [0.1, 0.15) is 12.2 Å². The van der Waals surface area contributed by atoms with Crippen LogP contribution in [0.15, 0.2) is 60.7 Å². The molecule has 6 heteroatoms. The SMILES string of the molecule is C[C@@H]1NC(=O)[C@@H](CC(C)(C)[Si](O)(c2ccccc2)c2ccccc2)[C@@H]2OC(C)(C)O[C@@H]21. The van der Waals surface area contributed by atoms with Crippen molar-refractivity contribution < 1.29 is 19.1 Å². The first-order chi connectivity index (χ1) is 14.6. The molecule has 2 aliphatic rings. The van der Waals surface area contributed by atoms with Gasteiger partial charge < -0.3 is 19.6 Å². The number of carbonyl (C=O) groups is 1. The minimum Gasteiger partial charge on any atom is -0.424 e. The molecule has 2 heterocycles. The molecule has 0 aliphatic carbocycles. The number of benzene rings is 2. The Morgan fingerprint density at radius 1 is 0.968 bits per heavy atom. The van der Waals surface area contributed by atoms with Crippen molar-refractivity contribution in [3.05, 3.63) is 60.7 Å². The van der Waals surface area contributed by atoms with Gasteiger partial charge in [0.05, 0.1) is 12.0 Å². The smallest absolute Gasteiger partial charge is 0.258 e. The summed E-state index contributed by atoms with van der Waals surface area (Å²) in [6, 6.07) is 19.7. The summed E-state index contributed by atoms with van der Waals surface area (Å²) in [6.45, 7) is 9.91. The van der Waals surface area contributed by atoms with Crippen LogP contribution in [0.4, 0.5) is 0 Å². The maximum absolute atomic E-state index is 13.1.